The van der Waals surface area contributed by atoms with Crippen LogP contribution in [0.3, 0.4) is 0 Å². The van der Waals surface area contributed by atoms with E-state index in [9.17, 15) is 14.4 Å². The van der Waals surface area contributed by atoms with E-state index < -0.39 is 0 Å². The third-order valence-corrected chi connectivity index (χ3v) is 5.03. The van der Waals surface area contributed by atoms with Crippen LogP contribution in [0.15, 0.2) is 42.5 Å². The molecular formula is C24H30N4O3. The Hall–Kier alpha value is -3.35. The summed E-state index contributed by atoms with van der Waals surface area (Å²) < 4.78 is 0. The number of benzene rings is 2. The molecule has 3 amide bonds. The minimum Gasteiger partial charge on any atom is -0.376 e. The average molecular weight is 423 g/mol. The van der Waals surface area contributed by atoms with Crippen molar-refractivity contribution in [1.82, 2.24) is 0 Å². The Bertz CT molecular complexity index is 950. The predicted octanol–water partition coefficient (Wildman–Crippen LogP) is 4.38. The molecule has 2 aromatic carbocycles. The molecule has 3 rings (SSSR count). The van der Waals surface area contributed by atoms with Gasteiger partial charge in [0.2, 0.25) is 17.7 Å². The highest BCUT2D eigenvalue weighted by molar-refractivity contribution is 5.97. The number of hydrogen-bond acceptors (Lipinski definition) is 4. The first-order valence-electron chi connectivity index (χ1n) is 10.7. The minimum atomic E-state index is -0.191. The highest BCUT2D eigenvalue weighted by atomic mass is 16.2. The van der Waals surface area contributed by atoms with Gasteiger partial charge in [-0.1, -0.05) is 19.9 Å². The number of anilines is 4. The Morgan fingerprint density at radius 3 is 2.03 bits per heavy atom. The Balaban J connectivity index is 1.50. The van der Waals surface area contributed by atoms with Crippen LogP contribution in [-0.4, -0.2) is 24.3 Å². The molecule has 7 heteroatoms. The van der Waals surface area contributed by atoms with Crippen molar-refractivity contribution in [3.05, 3.63) is 48.0 Å². The maximum absolute atomic E-state index is 12.3. The van der Waals surface area contributed by atoms with Crippen molar-refractivity contribution in [2.24, 2.45) is 11.8 Å². The zero-order valence-electron chi connectivity index (χ0n) is 18.2. The van der Waals surface area contributed by atoms with Gasteiger partial charge in [-0.2, -0.15) is 0 Å². The predicted molar refractivity (Wildman–Crippen MR) is 124 cm³/mol. The van der Waals surface area contributed by atoms with Crippen LogP contribution in [0.1, 0.15) is 38.7 Å². The van der Waals surface area contributed by atoms with Crippen LogP contribution in [-0.2, 0) is 14.4 Å². The van der Waals surface area contributed by atoms with Crippen molar-refractivity contribution >= 4 is 40.5 Å². The van der Waals surface area contributed by atoms with Gasteiger partial charge in [0.1, 0.15) is 0 Å². The summed E-state index contributed by atoms with van der Waals surface area (Å²) >= 11 is 0. The second-order valence-corrected chi connectivity index (χ2v) is 8.37. The number of carbonyl (C=O) groups excluding carboxylic acids is 3. The van der Waals surface area contributed by atoms with E-state index in [2.05, 4.69) is 21.3 Å². The molecule has 0 unspecified atom stereocenters. The lowest BCUT2D eigenvalue weighted by molar-refractivity contribution is -0.117. The number of amides is 3. The number of nitrogens with one attached hydrogen (secondary N) is 4. The Morgan fingerprint density at radius 1 is 0.871 bits per heavy atom. The van der Waals surface area contributed by atoms with Gasteiger partial charge in [-0.3, -0.25) is 14.4 Å². The first-order chi connectivity index (χ1) is 14.8. The average Bonchev–Trinajstić information content (AvgIpc) is 3.55. The Morgan fingerprint density at radius 2 is 1.45 bits per heavy atom. The molecule has 0 spiro atoms. The normalized spacial score (nSPS) is 12.9. The molecule has 0 bridgehead atoms. The van der Waals surface area contributed by atoms with Gasteiger partial charge in [0.05, 0.1) is 6.54 Å². The van der Waals surface area contributed by atoms with Gasteiger partial charge in [0.15, 0.2) is 0 Å². The van der Waals surface area contributed by atoms with Crippen molar-refractivity contribution in [3.63, 3.8) is 0 Å². The second-order valence-electron chi connectivity index (χ2n) is 8.37. The maximum Gasteiger partial charge on any atom is 0.243 e. The summed E-state index contributed by atoms with van der Waals surface area (Å²) in [7, 11) is 0. The van der Waals surface area contributed by atoms with Crippen LogP contribution in [0.5, 0.6) is 0 Å². The highest BCUT2D eigenvalue weighted by Crippen LogP contribution is 2.31. The van der Waals surface area contributed by atoms with E-state index in [4.69, 9.17) is 0 Å². The summed E-state index contributed by atoms with van der Waals surface area (Å²) in [5, 5.41) is 11.8. The van der Waals surface area contributed by atoms with E-state index in [1.54, 1.807) is 24.3 Å². The first kappa shape index (κ1) is 22.3. The molecule has 0 aromatic heterocycles. The molecule has 0 atom stereocenters. The molecule has 164 valence electrons. The number of rotatable bonds is 9. The largest absolute Gasteiger partial charge is 0.376 e. The Kier molecular flexibility index (Phi) is 7.28. The maximum atomic E-state index is 12.3. The number of hydrogen-bond donors (Lipinski definition) is 4. The Labute approximate surface area is 183 Å². The van der Waals surface area contributed by atoms with E-state index in [0.29, 0.717) is 23.7 Å². The molecule has 0 aliphatic heterocycles. The van der Waals surface area contributed by atoms with E-state index >= 15 is 0 Å². The standard InChI is InChI=1S/C24H30N4O3/c1-15(2)13-22(29)26-18-9-11-19(12-10-18)27-23(30)14-25-20-5-4-6-21(16(20)3)28-24(31)17-7-8-17/h4-6,9-12,15,17,25H,7-8,13-14H2,1-3H3,(H,26,29)(H,27,30)(H,28,31). The molecular weight excluding hydrogens is 392 g/mol. The number of carbonyl (C=O) groups is 3. The summed E-state index contributed by atoms with van der Waals surface area (Å²) in [5.74, 6) is 0.272. The zero-order valence-corrected chi connectivity index (χ0v) is 18.2. The van der Waals surface area contributed by atoms with Gasteiger partial charge in [-0.15, -0.1) is 0 Å². The van der Waals surface area contributed by atoms with Crippen molar-refractivity contribution in [1.29, 1.82) is 0 Å². The van der Waals surface area contributed by atoms with Crippen LogP contribution in [0.25, 0.3) is 0 Å². The van der Waals surface area contributed by atoms with E-state index in [1.807, 2.05) is 39.0 Å². The summed E-state index contributed by atoms with van der Waals surface area (Å²) in [4.78, 5) is 36.2. The molecule has 0 heterocycles. The van der Waals surface area contributed by atoms with Gasteiger partial charge in [-0.25, -0.2) is 0 Å². The lowest BCUT2D eigenvalue weighted by Gasteiger charge is -2.14. The van der Waals surface area contributed by atoms with Crippen molar-refractivity contribution in [3.8, 4) is 0 Å². The van der Waals surface area contributed by atoms with Gasteiger partial charge in [0, 0.05) is 35.1 Å². The third kappa shape index (κ3) is 6.84. The van der Waals surface area contributed by atoms with Crippen LogP contribution < -0.4 is 21.3 Å². The first-order valence-corrected chi connectivity index (χ1v) is 10.7. The fourth-order valence-electron chi connectivity index (χ4n) is 3.14. The van der Waals surface area contributed by atoms with Gasteiger partial charge in [0.25, 0.3) is 0 Å². The quantitative estimate of drug-likeness (QED) is 0.482. The van der Waals surface area contributed by atoms with E-state index in [1.165, 1.54) is 0 Å². The lowest BCUT2D eigenvalue weighted by atomic mass is 10.1. The fraction of sp³-hybridized carbons (Fsp3) is 0.375. The molecule has 1 aliphatic carbocycles. The van der Waals surface area contributed by atoms with Crippen molar-refractivity contribution in [2.75, 3.05) is 27.8 Å². The van der Waals surface area contributed by atoms with Gasteiger partial charge >= 0.3 is 0 Å². The van der Waals surface area contributed by atoms with Crippen LogP contribution in [0.2, 0.25) is 0 Å². The molecule has 31 heavy (non-hydrogen) atoms. The van der Waals surface area contributed by atoms with Crippen molar-refractivity contribution in [2.45, 2.75) is 40.0 Å². The smallest absolute Gasteiger partial charge is 0.243 e. The van der Waals surface area contributed by atoms with Gasteiger partial charge < -0.3 is 21.3 Å². The third-order valence-electron chi connectivity index (χ3n) is 5.03. The summed E-state index contributed by atoms with van der Waals surface area (Å²) in [6, 6.07) is 12.6. The van der Waals surface area contributed by atoms with E-state index in [0.717, 1.165) is 29.8 Å². The monoisotopic (exact) mass is 422 g/mol. The molecule has 7 nitrogen and oxygen atoms in total. The zero-order chi connectivity index (χ0) is 22.4. The SMILES string of the molecule is Cc1c(NCC(=O)Nc2ccc(NC(=O)CC(C)C)cc2)cccc1NC(=O)C1CC1. The second kappa shape index (κ2) is 10.1. The molecule has 0 radical (unpaired) electrons. The summed E-state index contributed by atoms with van der Waals surface area (Å²) in [6.07, 6.45) is 2.37. The van der Waals surface area contributed by atoms with Gasteiger partial charge in [-0.05, 0) is 67.6 Å². The molecule has 1 fully saturated rings. The highest BCUT2D eigenvalue weighted by Gasteiger charge is 2.29. The van der Waals surface area contributed by atoms with E-state index in [-0.39, 0.29) is 30.2 Å². The molecule has 4 N–H and O–H groups in total. The summed E-state index contributed by atoms with van der Waals surface area (Å²) in [6.45, 7) is 5.99. The molecule has 2 aromatic rings. The van der Waals surface area contributed by atoms with Crippen molar-refractivity contribution < 1.29 is 14.4 Å². The summed E-state index contributed by atoms with van der Waals surface area (Å²) in [5.41, 5.74) is 3.80. The topological polar surface area (TPSA) is 99.3 Å². The minimum absolute atomic E-state index is 0.0260. The van der Waals surface area contributed by atoms with Crippen LogP contribution >= 0.6 is 0 Å². The fourth-order valence-corrected chi connectivity index (χ4v) is 3.14. The lowest BCUT2D eigenvalue weighted by Crippen LogP contribution is -2.22. The molecule has 0 saturated heterocycles. The van der Waals surface area contributed by atoms with Crippen LogP contribution in [0, 0.1) is 18.8 Å². The molecule has 1 aliphatic rings. The molecule has 1 saturated carbocycles. The van der Waals surface area contributed by atoms with Crippen LogP contribution in [0.4, 0.5) is 22.7 Å².